The fourth-order valence-electron chi connectivity index (χ4n) is 3.42. The van der Waals surface area contributed by atoms with Gasteiger partial charge >= 0.3 is 0 Å². The maximum atomic E-state index is 12.1. The molecular weight excluding hydrogens is 226 g/mol. The number of hydrogen-bond donors (Lipinski definition) is 1. The molecule has 1 N–H and O–H groups in total. The first-order chi connectivity index (χ1) is 8.76. The number of methoxy groups -OCH3 is 1. The van der Waals surface area contributed by atoms with Crippen LogP contribution >= 0.6 is 0 Å². The molecule has 3 atom stereocenters. The van der Waals surface area contributed by atoms with Crippen LogP contribution in [0.4, 0.5) is 0 Å². The maximum absolute atomic E-state index is 12.1. The summed E-state index contributed by atoms with van der Waals surface area (Å²) < 4.78 is 5.09. The SMILES string of the molecule is COc1ccc(C(=O)N[C@H]2C[C@@H]3CC[C@@H]2C3)cc1. The Bertz CT molecular complexity index is 440. The van der Waals surface area contributed by atoms with Crippen molar-refractivity contribution >= 4 is 5.91 Å². The number of fused-ring (bicyclic) bond motifs is 2. The normalized spacial score (nSPS) is 29.3. The topological polar surface area (TPSA) is 38.3 Å². The minimum atomic E-state index is 0.0511. The second kappa shape index (κ2) is 4.63. The smallest absolute Gasteiger partial charge is 0.251 e. The van der Waals surface area contributed by atoms with Gasteiger partial charge in [0.15, 0.2) is 0 Å². The van der Waals surface area contributed by atoms with E-state index in [1.165, 1.54) is 25.7 Å². The van der Waals surface area contributed by atoms with Crippen LogP contribution in [0.3, 0.4) is 0 Å². The quantitative estimate of drug-likeness (QED) is 0.889. The Kier molecular flexibility index (Phi) is 2.98. The summed E-state index contributed by atoms with van der Waals surface area (Å²) in [5.41, 5.74) is 0.721. The van der Waals surface area contributed by atoms with Crippen LogP contribution in [0.5, 0.6) is 5.75 Å². The molecule has 0 aliphatic heterocycles. The summed E-state index contributed by atoms with van der Waals surface area (Å²) in [7, 11) is 1.63. The van der Waals surface area contributed by atoms with Crippen molar-refractivity contribution in [3.63, 3.8) is 0 Å². The molecule has 0 spiro atoms. The summed E-state index contributed by atoms with van der Waals surface area (Å²) in [6.45, 7) is 0. The van der Waals surface area contributed by atoms with Crippen LogP contribution in [0.15, 0.2) is 24.3 Å². The van der Waals surface area contributed by atoms with Crippen molar-refractivity contribution < 1.29 is 9.53 Å². The fraction of sp³-hybridized carbons (Fsp3) is 0.533. The van der Waals surface area contributed by atoms with E-state index in [9.17, 15) is 4.79 Å². The summed E-state index contributed by atoms with van der Waals surface area (Å²) in [5, 5.41) is 3.18. The highest BCUT2D eigenvalue weighted by Gasteiger charge is 2.40. The molecule has 3 rings (SSSR count). The molecule has 1 aromatic carbocycles. The van der Waals surface area contributed by atoms with E-state index in [1.54, 1.807) is 7.11 Å². The molecule has 18 heavy (non-hydrogen) atoms. The number of ether oxygens (including phenoxy) is 1. The summed E-state index contributed by atoms with van der Waals surface area (Å²) >= 11 is 0. The molecule has 0 radical (unpaired) electrons. The highest BCUT2D eigenvalue weighted by molar-refractivity contribution is 5.94. The third kappa shape index (κ3) is 2.09. The molecule has 2 aliphatic carbocycles. The molecule has 2 bridgehead atoms. The van der Waals surface area contributed by atoms with Gasteiger partial charge in [0, 0.05) is 11.6 Å². The lowest BCUT2D eigenvalue weighted by atomic mass is 9.95. The van der Waals surface area contributed by atoms with E-state index >= 15 is 0 Å². The van der Waals surface area contributed by atoms with Crippen LogP contribution in [0, 0.1) is 11.8 Å². The van der Waals surface area contributed by atoms with Crippen LogP contribution in [0.1, 0.15) is 36.0 Å². The Morgan fingerprint density at radius 1 is 1.22 bits per heavy atom. The van der Waals surface area contributed by atoms with Crippen molar-refractivity contribution in [1.82, 2.24) is 5.32 Å². The lowest BCUT2D eigenvalue weighted by Crippen LogP contribution is -2.38. The van der Waals surface area contributed by atoms with Gasteiger partial charge in [-0.25, -0.2) is 0 Å². The Morgan fingerprint density at radius 3 is 2.56 bits per heavy atom. The lowest BCUT2D eigenvalue weighted by Gasteiger charge is -2.22. The van der Waals surface area contributed by atoms with Crippen LogP contribution < -0.4 is 10.1 Å². The predicted octanol–water partition coefficient (Wildman–Crippen LogP) is 2.61. The second-order valence-corrected chi connectivity index (χ2v) is 5.48. The molecular formula is C15H19NO2. The number of hydrogen-bond acceptors (Lipinski definition) is 2. The van der Waals surface area contributed by atoms with Crippen LogP contribution in [0.25, 0.3) is 0 Å². The van der Waals surface area contributed by atoms with Gasteiger partial charge in [0.1, 0.15) is 5.75 Å². The maximum Gasteiger partial charge on any atom is 0.251 e. The third-order valence-corrected chi connectivity index (χ3v) is 4.41. The monoisotopic (exact) mass is 245 g/mol. The predicted molar refractivity (Wildman–Crippen MR) is 69.7 cm³/mol. The summed E-state index contributed by atoms with van der Waals surface area (Å²) in [5.74, 6) is 2.41. The zero-order valence-corrected chi connectivity index (χ0v) is 10.7. The summed E-state index contributed by atoms with van der Waals surface area (Å²) in [6, 6.07) is 7.70. The highest BCUT2D eigenvalue weighted by atomic mass is 16.5. The van der Waals surface area contributed by atoms with E-state index in [-0.39, 0.29) is 5.91 Å². The molecule has 0 aromatic heterocycles. The van der Waals surface area contributed by atoms with Crippen LogP contribution in [-0.2, 0) is 0 Å². The van der Waals surface area contributed by atoms with Gasteiger partial charge in [0.05, 0.1) is 7.11 Å². The Hall–Kier alpha value is -1.51. The van der Waals surface area contributed by atoms with E-state index in [0.29, 0.717) is 6.04 Å². The number of carbonyl (C=O) groups excluding carboxylic acids is 1. The van der Waals surface area contributed by atoms with Crippen molar-refractivity contribution in [3.8, 4) is 5.75 Å². The summed E-state index contributed by atoms with van der Waals surface area (Å²) in [4.78, 5) is 12.1. The molecule has 0 saturated heterocycles. The first-order valence-corrected chi connectivity index (χ1v) is 6.71. The van der Waals surface area contributed by atoms with Crippen molar-refractivity contribution in [2.45, 2.75) is 31.7 Å². The largest absolute Gasteiger partial charge is 0.497 e. The number of rotatable bonds is 3. The molecule has 3 nitrogen and oxygen atoms in total. The number of amides is 1. The molecule has 2 fully saturated rings. The van der Waals surface area contributed by atoms with Gasteiger partial charge in [0.25, 0.3) is 5.91 Å². The Morgan fingerprint density at radius 2 is 2.00 bits per heavy atom. The van der Waals surface area contributed by atoms with Crippen molar-refractivity contribution in [1.29, 1.82) is 0 Å². The van der Waals surface area contributed by atoms with Crippen molar-refractivity contribution in [2.75, 3.05) is 7.11 Å². The lowest BCUT2D eigenvalue weighted by molar-refractivity contribution is 0.0923. The van der Waals surface area contributed by atoms with Crippen LogP contribution in [0.2, 0.25) is 0 Å². The Balaban J connectivity index is 1.64. The van der Waals surface area contributed by atoms with E-state index < -0.39 is 0 Å². The first kappa shape index (κ1) is 11.6. The number of nitrogens with one attached hydrogen (secondary N) is 1. The van der Waals surface area contributed by atoms with Gasteiger partial charge in [-0.2, -0.15) is 0 Å². The third-order valence-electron chi connectivity index (χ3n) is 4.41. The zero-order valence-electron chi connectivity index (χ0n) is 10.7. The van der Waals surface area contributed by atoms with E-state index in [1.807, 2.05) is 24.3 Å². The zero-order chi connectivity index (χ0) is 12.5. The van der Waals surface area contributed by atoms with Crippen molar-refractivity contribution in [3.05, 3.63) is 29.8 Å². The molecule has 3 heteroatoms. The minimum absolute atomic E-state index is 0.0511. The molecule has 1 aromatic rings. The second-order valence-electron chi connectivity index (χ2n) is 5.48. The average molecular weight is 245 g/mol. The minimum Gasteiger partial charge on any atom is -0.497 e. The van der Waals surface area contributed by atoms with Gasteiger partial charge < -0.3 is 10.1 Å². The fourth-order valence-corrected chi connectivity index (χ4v) is 3.42. The van der Waals surface area contributed by atoms with E-state index in [0.717, 1.165) is 23.1 Å². The molecule has 2 saturated carbocycles. The van der Waals surface area contributed by atoms with E-state index in [4.69, 9.17) is 4.74 Å². The summed E-state index contributed by atoms with van der Waals surface area (Å²) in [6.07, 6.45) is 5.14. The standard InChI is InChI=1S/C15H19NO2/c1-18-13-6-4-11(5-7-13)15(17)16-14-9-10-2-3-12(14)8-10/h4-7,10,12,14H,2-3,8-9H2,1H3,(H,16,17)/t10-,12-,14+/m1/s1. The molecule has 0 heterocycles. The first-order valence-electron chi connectivity index (χ1n) is 6.71. The molecule has 0 unspecified atom stereocenters. The Labute approximate surface area is 108 Å². The molecule has 96 valence electrons. The average Bonchev–Trinajstić information content (AvgIpc) is 3.01. The number of benzene rings is 1. The highest BCUT2D eigenvalue weighted by Crippen LogP contribution is 2.44. The van der Waals surface area contributed by atoms with Gasteiger partial charge in [-0.15, -0.1) is 0 Å². The van der Waals surface area contributed by atoms with Gasteiger partial charge in [-0.1, -0.05) is 6.42 Å². The van der Waals surface area contributed by atoms with Gasteiger partial charge in [0.2, 0.25) is 0 Å². The molecule has 2 aliphatic rings. The van der Waals surface area contributed by atoms with Gasteiger partial charge in [-0.05, 0) is 55.4 Å². The van der Waals surface area contributed by atoms with Gasteiger partial charge in [-0.3, -0.25) is 4.79 Å². The molecule has 1 amide bonds. The van der Waals surface area contributed by atoms with E-state index in [2.05, 4.69) is 5.32 Å². The van der Waals surface area contributed by atoms with Crippen LogP contribution in [-0.4, -0.2) is 19.1 Å². The van der Waals surface area contributed by atoms with Crippen molar-refractivity contribution in [2.24, 2.45) is 11.8 Å². The number of carbonyl (C=O) groups is 1.